The van der Waals surface area contributed by atoms with Crippen molar-refractivity contribution in [3.63, 3.8) is 0 Å². The van der Waals surface area contributed by atoms with Crippen molar-refractivity contribution >= 4 is 17.6 Å². The third kappa shape index (κ3) is 4.63. The number of benzene rings is 2. The number of nitrogens with zero attached hydrogens (tertiary/aromatic N) is 3. The third-order valence-electron chi connectivity index (χ3n) is 8.08. The molecule has 3 aromatic rings. The van der Waals surface area contributed by atoms with Crippen LogP contribution in [0.15, 0.2) is 60.8 Å². The van der Waals surface area contributed by atoms with E-state index in [4.69, 9.17) is 14.2 Å². The summed E-state index contributed by atoms with van der Waals surface area (Å²) in [5.74, 6) is -0.737. The lowest BCUT2D eigenvalue weighted by Gasteiger charge is -2.71. The van der Waals surface area contributed by atoms with Gasteiger partial charge in [-0.3, -0.25) is 9.48 Å². The van der Waals surface area contributed by atoms with Gasteiger partial charge in [-0.15, -0.1) is 0 Å². The summed E-state index contributed by atoms with van der Waals surface area (Å²) in [6.45, 7) is 4.72. The molecule has 1 aliphatic heterocycles. The van der Waals surface area contributed by atoms with Gasteiger partial charge in [0, 0.05) is 12.2 Å². The molecule has 3 aliphatic carbocycles. The van der Waals surface area contributed by atoms with E-state index in [-0.39, 0.29) is 18.1 Å². The van der Waals surface area contributed by atoms with Gasteiger partial charge in [0.1, 0.15) is 18.1 Å². The fraction of sp³-hybridized carbons (Fsp3) is 0.433. The van der Waals surface area contributed by atoms with E-state index >= 15 is 0 Å². The van der Waals surface area contributed by atoms with E-state index in [2.05, 4.69) is 29.4 Å². The number of fused-ring (bicyclic) bond motifs is 1. The molecule has 2 heterocycles. The minimum absolute atomic E-state index is 0.223. The predicted molar refractivity (Wildman–Crippen MR) is 141 cm³/mol. The second kappa shape index (κ2) is 10.0. The molecule has 0 atom stereocenters. The minimum Gasteiger partial charge on any atom is -0.462 e. The molecule has 0 N–H and O–H groups in total. The van der Waals surface area contributed by atoms with Gasteiger partial charge in [0.2, 0.25) is 0 Å². The predicted octanol–water partition coefficient (Wildman–Crippen LogP) is 4.62. The topological polar surface area (TPSA) is 82.9 Å². The molecule has 1 amide bonds. The average molecular weight is 516 g/mol. The van der Waals surface area contributed by atoms with Gasteiger partial charge in [-0.05, 0) is 66.7 Å². The summed E-state index contributed by atoms with van der Waals surface area (Å²) in [7, 11) is 0. The molecule has 3 fully saturated rings. The smallest absolute Gasteiger partial charge is 0.342 e. The van der Waals surface area contributed by atoms with Crippen LogP contribution in [0.3, 0.4) is 0 Å². The van der Waals surface area contributed by atoms with Crippen molar-refractivity contribution in [1.82, 2.24) is 9.78 Å². The molecule has 1 aromatic heterocycles. The van der Waals surface area contributed by atoms with Crippen LogP contribution in [0.25, 0.3) is 0 Å². The van der Waals surface area contributed by atoms with Crippen molar-refractivity contribution in [2.75, 3.05) is 31.5 Å². The first-order valence-electron chi connectivity index (χ1n) is 13.3. The van der Waals surface area contributed by atoms with Gasteiger partial charge in [0.25, 0.3) is 5.91 Å². The summed E-state index contributed by atoms with van der Waals surface area (Å²) >= 11 is 0. The van der Waals surface area contributed by atoms with Crippen LogP contribution in [0, 0.1) is 10.8 Å². The van der Waals surface area contributed by atoms with Gasteiger partial charge in [0.15, 0.2) is 0 Å². The normalized spacial score (nSPS) is 23.4. The Morgan fingerprint density at radius 2 is 1.71 bits per heavy atom. The Morgan fingerprint density at radius 1 is 0.947 bits per heavy atom. The molecule has 4 aliphatic rings. The first-order chi connectivity index (χ1) is 18.5. The number of rotatable bonds is 11. The average Bonchev–Trinajstić information content (AvgIpc) is 3.33. The Morgan fingerprint density at radius 3 is 2.45 bits per heavy atom. The Kier molecular flexibility index (Phi) is 6.53. The lowest BCUT2D eigenvalue weighted by molar-refractivity contribution is -0.243. The molecule has 38 heavy (non-hydrogen) atoms. The Hall–Kier alpha value is -3.49. The van der Waals surface area contributed by atoms with E-state index < -0.39 is 5.97 Å². The van der Waals surface area contributed by atoms with Gasteiger partial charge in [-0.1, -0.05) is 42.5 Å². The Balaban J connectivity index is 0.986. The monoisotopic (exact) mass is 515 g/mol. The van der Waals surface area contributed by atoms with Crippen LogP contribution < -0.4 is 4.90 Å². The van der Waals surface area contributed by atoms with Crippen molar-refractivity contribution in [3.05, 3.63) is 83.2 Å². The number of hydrogen-bond donors (Lipinski definition) is 0. The van der Waals surface area contributed by atoms with Gasteiger partial charge in [-0.25, -0.2) is 4.79 Å². The summed E-state index contributed by atoms with van der Waals surface area (Å²) in [6, 6.07) is 18.4. The molecule has 0 spiro atoms. The number of aromatic nitrogens is 2. The Labute approximate surface area is 222 Å². The standard InChI is InChI=1S/C30H33N3O5/c1-2-38-28(35)25-15-31-33-13-12-32(27(34)26(25)33)24-10-8-22(9-11-24)14-29-17-30(18-29,19-29)20-37-21-36-16-23-6-4-3-5-7-23/h3-11,15H,2,12-14,16-21H2,1H3. The molecule has 8 heteroatoms. The first kappa shape index (κ1) is 24.8. The number of anilines is 1. The van der Waals surface area contributed by atoms with Gasteiger partial charge < -0.3 is 19.1 Å². The Bertz CT molecular complexity index is 1300. The molecule has 8 nitrogen and oxygen atoms in total. The van der Waals surface area contributed by atoms with Crippen molar-refractivity contribution in [1.29, 1.82) is 0 Å². The van der Waals surface area contributed by atoms with Crippen molar-refractivity contribution in [2.24, 2.45) is 10.8 Å². The summed E-state index contributed by atoms with van der Waals surface area (Å²) in [5.41, 5.74) is 4.51. The fourth-order valence-corrected chi connectivity index (χ4v) is 6.66. The van der Waals surface area contributed by atoms with Gasteiger partial charge in [0.05, 0.1) is 32.6 Å². The quantitative estimate of drug-likeness (QED) is 0.211. The summed E-state index contributed by atoms with van der Waals surface area (Å²) < 4.78 is 18.2. The minimum atomic E-state index is -0.513. The second-order valence-corrected chi connectivity index (χ2v) is 11.0. The molecule has 2 aromatic carbocycles. The third-order valence-corrected chi connectivity index (χ3v) is 8.08. The largest absolute Gasteiger partial charge is 0.462 e. The van der Waals surface area contributed by atoms with Gasteiger partial charge >= 0.3 is 5.97 Å². The number of carbonyl (C=O) groups excluding carboxylic acids is 2. The van der Waals surface area contributed by atoms with Crippen LogP contribution in [0.5, 0.6) is 0 Å². The number of esters is 1. The number of ether oxygens (including phenoxy) is 3. The summed E-state index contributed by atoms with van der Waals surface area (Å²) in [5, 5.41) is 4.21. The number of amides is 1. The van der Waals surface area contributed by atoms with E-state index in [0.29, 0.717) is 43.0 Å². The lowest BCUT2D eigenvalue weighted by Crippen LogP contribution is -2.64. The fourth-order valence-electron chi connectivity index (χ4n) is 6.66. The molecule has 0 radical (unpaired) electrons. The zero-order valence-electron chi connectivity index (χ0n) is 21.7. The highest BCUT2D eigenvalue weighted by atomic mass is 16.7. The molecule has 198 valence electrons. The molecule has 2 bridgehead atoms. The van der Waals surface area contributed by atoms with Crippen LogP contribution in [0.2, 0.25) is 0 Å². The first-order valence-corrected chi connectivity index (χ1v) is 13.3. The molecule has 7 rings (SSSR count). The van der Waals surface area contributed by atoms with Crippen LogP contribution in [0.4, 0.5) is 5.69 Å². The maximum Gasteiger partial charge on any atom is 0.342 e. The second-order valence-electron chi connectivity index (χ2n) is 11.0. The number of carbonyl (C=O) groups is 2. The van der Waals surface area contributed by atoms with Crippen molar-refractivity contribution in [2.45, 2.75) is 45.8 Å². The van der Waals surface area contributed by atoms with Gasteiger partial charge in [-0.2, -0.15) is 5.10 Å². The molecule has 3 saturated carbocycles. The molecule has 0 unspecified atom stereocenters. The summed E-state index contributed by atoms with van der Waals surface area (Å²) in [6.07, 6.45) is 6.08. The van der Waals surface area contributed by atoms with Crippen LogP contribution in [-0.2, 0) is 33.8 Å². The van der Waals surface area contributed by atoms with Crippen LogP contribution >= 0.6 is 0 Å². The molecular weight excluding hydrogens is 482 g/mol. The highest BCUT2D eigenvalue weighted by molar-refractivity contribution is 6.11. The van der Waals surface area contributed by atoms with E-state index in [9.17, 15) is 9.59 Å². The maximum atomic E-state index is 13.3. The van der Waals surface area contributed by atoms with E-state index in [1.54, 1.807) is 16.5 Å². The number of hydrogen-bond acceptors (Lipinski definition) is 6. The SMILES string of the molecule is CCOC(=O)c1cnn2c1C(=O)N(c1ccc(CC34CC(COCOCc5ccccc5)(C3)C4)cc1)CC2. The van der Waals surface area contributed by atoms with Crippen LogP contribution in [0.1, 0.15) is 58.2 Å². The van der Waals surface area contributed by atoms with E-state index in [1.807, 2.05) is 30.3 Å². The van der Waals surface area contributed by atoms with Crippen molar-refractivity contribution < 1.29 is 23.8 Å². The highest BCUT2D eigenvalue weighted by Crippen LogP contribution is 2.74. The lowest BCUT2D eigenvalue weighted by atomic mass is 9.34. The molecular formula is C30H33N3O5. The summed E-state index contributed by atoms with van der Waals surface area (Å²) in [4.78, 5) is 27.3. The zero-order valence-corrected chi connectivity index (χ0v) is 21.7. The van der Waals surface area contributed by atoms with E-state index in [1.165, 1.54) is 31.0 Å². The van der Waals surface area contributed by atoms with Crippen molar-refractivity contribution in [3.8, 4) is 0 Å². The maximum absolute atomic E-state index is 13.3. The highest BCUT2D eigenvalue weighted by Gasteiger charge is 2.67. The van der Waals surface area contributed by atoms with E-state index in [0.717, 1.165) is 24.3 Å². The zero-order chi connectivity index (χ0) is 26.2. The molecule has 0 saturated heterocycles. The van der Waals surface area contributed by atoms with Crippen LogP contribution in [-0.4, -0.2) is 48.2 Å².